The molecule has 2 bridgehead atoms. The summed E-state index contributed by atoms with van der Waals surface area (Å²) in [6.45, 7) is 2.04. The van der Waals surface area contributed by atoms with E-state index in [1.165, 1.54) is 30.5 Å². The third kappa shape index (κ3) is 5.04. The van der Waals surface area contributed by atoms with Gasteiger partial charge in [-0.25, -0.2) is 13.2 Å². The van der Waals surface area contributed by atoms with E-state index in [9.17, 15) is 23.5 Å². The summed E-state index contributed by atoms with van der Waals surface area (Å²) in [5.74, 6) is 0.782. The molecule has 5 fully saturated rings. The molecule has 4 aromatic rings. The van der Waals surface area contributed by atoms with E-state index < -0.39 is 29.4 Å². The number of amides is 2. The Balaban J connectivity index is 1.14. The molecule has 5 aliphatic rings. The number of β-lactam (4-membered cyclic amide) rings is 1. The Morgan fingerprint density at radius 3 is 2.69 bits per heavy atom. The molecule has 9 rings (SSSR count). The lowest BCUT2D eigenvalue weighted by Crippen LogP contribution is -2.64. The predicted molar refractivity (Wildman–Crippen MR) is 181 cm³/mol. The first-order valence-electron chi connectivity index (χ1n) is 17.3. The van der Waals surface area contributed by atoms with Gasteiger partial charge in [0.15, 0.2) is 5.82 Å². The summed E-state index contributed by atoms with van der Waals surface area (Å²) in [6, 6.07) is 4.44. The number of carbonyl (C=O) groups excluding carboxylic acids is 2. The van der Waals surface area contributed by atoms with Crippen molar-refractivity contribution in [2.75, 3.05) is 37.7 Å². The van der Waals surface area contributed by atoms with Crippen LogP contribution in [0.3, 0.4) is 0 Å². The molecule has 0 aliphatic carbocycles. The quantitative estimate of drug-likeness (QED) is 0.229. The number of benzene rings is 2. The number of fused-ring (bicyclic) bond motifs is 5. The smallest absolute Gasteiger partial charge is 0.319 e. The largest absolute Gasteiger partial charge is 0.508 e. The monoisotopic (exact) mass is 697 g/mol. The average molecular weight is 698 g/mol. The number of rotatable bonds is 6. The van der Waals surface area contributed by atoms with Crippen LogP contribution in [-0.4, -0.2) is 104 Å². The second-order valence-corrected chi connectivity index (χ2v) is 14.4. The molecule has 2 unspecified atom stereocenters. The zero-order chi connectivity index (χ0) is 35.2. The number of anilines is 1. The Hall–Kier alpha value is -5.16. The highest BCUT2D eigenvalue weighted by Crippen LogP contribution is 2.43. The number of phenols is 1. The maximum atomic E-state index is 17.0. The number of hydrogen-bond donors (Lipinski definition) is 2. The molecule has 51 heavy (non-hydrogen) atoms. The van der Waals surface area contributed by atoms with Gasteiger partial charge in [-0.1, -0.05) is 12.0 Å². The Morgan fingerprint density at radius 2 is 1.94 bits per heavy atom. The van der Waals surface area contributed by atoms with Gasteiger partial charge in [-0.3, -0.25) is 19.5 Å². The Morgan fingerprint density at radius 1 is 1.16 bits per heavy atom. The molecule has 11 nitrogen and oxygen atoms in total. The van der Waals surface area contributed by atoms with Crippen molar-refractivity contribution in [3.63, 3.8) is 0 Å². The fourth-order valence-electron chi connectivity index (χ4n) is 9.04. The maximum absolute atomic E-state index is 17.0. The molecule has 2 aromatic carbocycles. The fraction of sp³-hybridized carbons (Fsp3) is 0.432. The molecule has 2 aromatic heterocycles. The molecule has 5 atom stereocenters. The van der Waals surface area contributed by atoms with Gasteiger partial charge < -0.3 is 25.0 Å². The van der Waals surface area contributed by atoms with Gasteiger partial charge in [0.2, 0.25) is 11.8 Å². The van der Waals surface area contributed by atoms with Gasteiger partial charge in [0.1, 0.15) is 47.4 Å². The average Bonchev–Trinajstić information content (AvgIpc) is 3.72. The molecule has 2 N–H and O–H groups in total. The highest BCUT2D eigenvalue weighted by molar-refractivity contribution is 6.03. The number of nitrogens with one attached hydrogen (secondary N) is 1. The van der Waals surface area contributed by atoms with Gasteiger partial charge in [0, 0.05) is 55.3 Å². The zero-order valence-corrected chi connectivity index (χ0v) is 27.5. The lowest BCUT2D eigenvalue weighted by molar-refractivity contribution is -0.145. The first-order chi connectivity index (χ1) is 24.6. The first kappa shape index (κ1) is 31.8. The van der Waals surface area contributed by atoms with Crippen molar-refractivity contribution in [1.29, 1.82) is 0 Å². The van der Waals surface area contributed by atoms with Gasteiger partial charge in [-0.05, 0) is 55.8 Å². The minimum atomic E-state index is -0.967. The number of ether oxygens (including phenoxy) is 1. The van der Waals surface area contributed by atoms with Crippen LogP contribution < -0.4 is 15.0 Å². The van der Waals surface area contributed by atoms with Crippen LogP contribution in [-0.2, 0) is 9.59 Å². The van der Waals surface area contributed by atoms with Crippen molar-refractivity contribution >= 4 is 39.3 Å². The lowest BCUT2D eigenvalue weighted by Gasteiger charge is -2.44. The number of aromatic nitrogens is 3. The topological polar surface area (TPSA) is 124 Å². The number of alkyl halides is 1. The standard InChI is InChI=1S/C37H34F3N7O4/c1-2-24-27(39)7-4-19-10-23(48)11-25(30(19)24)32-31(40)33-26(14-41-32)34(44-36(43-33)51-18-37-8-3-9-46(37)15-20(38)13-37)45-16-21-5-6-22(17-45)47(21)35(50)28-12-29(49)42-28/h1,4,7,10-11,14,20-22,28,48H,3,5-6,8-9,12-13,15-18H2,(H,42,49)/t20-,21?,22?,28-,37+/m1/s1. The number of aromatic hydroxyl groups is 1. The summed E-state index contributed by atoms with van der Waals surface area (Å²) in [5, 5.41) is 14.2. The number of carbonyl (C=O) groups is 2. The van der Waals surface area contributed by atoms with E-state index in [-0.39, 0.29) is 76.4 Å². The van der Waals surface area contributed by atoms with Gasteiger partial charge in [-0.2, -0.15) is 9.97 Å². The maximum Gasteiger partial charge on any atom is 0.319 e. The van der Waals surface area contributed by atoms with Crippen LogP contribution in [0, 0.1) is 24.0 Å². The van der Waals surface area contributed by atoms with Crippen molar-refractivity contribution in [2.45, 2.75) is 68.4 Å². The highest BCUT2D eigenvalue weighted by Gasteiger charge is 2.50. The minimum absolute atomic E-state index is 0.0868. The normalized spacial score (nSPS) is 27.1. The van der Waals surface area contributed by atoms with Crippen molar-refractivity contribution in [3.05, 3.63) is 47.7 Å². The molecule has 14 heteroatoms. The van der Waals surface area contributed by atoms with Gasteiger partial charge >= 0.3 is 6.01 Å². The summed E-state index contributed by atoms with van der Waals surface area (Å²) in [5.41, 5.74) is -0.806. The van der Waals surface area contributed by atoms with Gasteiger partial charge in [0.25, 0.3) is 0 Å². The molecule has 262 valence electrons. The molecular weight excluding hydrogens is 663 g/mol. The highest BCUT2D eigenvalue weighted by atomic mass is 19.1. The third-order valence-corrected chi connectivity index (χ3v) is 11.4. The summed E-state index contributed by atoms with van der Waals surface area (Å²) in [6.07, 6.45) is 9.88. The summed E-state index contributed by atoms with van der Waals surface area (Å²) in [7, 11) is 0. The number of terminal acetylenes is 1. The molecule has 7 heterocycles. The number of pyridine rings is 1. The number of piperazine rings is 1. The molecular formula is C37H34F3N7O4. The van der Waals surface area contributed by atoms with Crippen molar-refractivity contribution in [3.8, 4) is 35.4 Å². The third-order valence-electron chi connectivity index (χ3n) is 11.4. The molecule has 2 amide bonds. The predicted octanol–water partition coefficient (Wildman–Crippen LogP) is 3.83. The second-order valence-electron chi connectivity index (χ2n) is 14.4. The van der Waals surface area contributed by atoms with Crippen LogP contribution in [0.15, 0.2) is 30.5 Å². The molecule has 0 spiro atoms. The van der Waals surface area contributed by atoms with Gasteiger partial charge in [-0.15, -0.1) is 6.42 Å². The fourth-order valence-corrected chi connectivity index (χ4v) is 9.04. The van der Waals surface area contributed by atoms with Crippen LogP contribution >= 0.6 is 0 Å². The van der Waals surface area contributed by atoms with E-state index in [1.807, 2.05) is 9.80 Å². The van der Waals surface area contributed by atoms with E-state index in [0.29, 0.717) is 42.6 Å². The van der Waals surface area contributed by atoms with E-state index in [4.69, 9.17) is 16.1 Å². The lowest BCUT2D eigenvalue weighted by atomic mass is 9.95. The summed E-state index contributed by atoms with van der Waals surface area (Å²) in [4.78, 5) is 44.7. The minimum Gasteiger partial charge on any atom is -0.508 e. The zero-order valence-electron chi connectivity index (χ0n) is 27.5. The van der Waals surface area contributed by atoms with Crippen molar-refractivity contribution in [2.24, 2.45) is 0 Å². The number of nitrogens with zero attached hydrogens (tertiary/aromatic N) is 6. The molecule has 0 radical (unpaired) electrons. The van der Waals surface area contributed by atoms with Crippen LogP contribution in [0.1, 0.15) is 44.1 Å². The van der Waals surface area contributed by atoms with E-state index in [2.05, 4.69) is 26.1 Å². The van der Waals surface area contributed by atoms with Crippen LogP contribution in [0.5, 0.6) is 11.8 Å². The van der Waals surface area contributed by atoms with E-state index >= 15 is 4.39 Å². The molecule has 5 aliphatic heterocycles. The second kappa shape index (κ2) is 11.7. The molecule has 5 saturated heterocycles. The number of halogens is 3. The Kier molecular flexibility index (Phi) is 7.29. The van der Waals surface area contributed by atoms with Crippen LogP contribution in [0.2, 0.25) is 0 Å². The SMILES string of the molecule is C#Cc1c(F)ccc2cc(O)cc(-c3ncc4c(N5CC6CCC(C5)N6C(=O)[C@H]5CC(=O)N5)nc(OC[C@@]56CCCN5C[C@H](F)C6)nc4c3F)c12. The van der Waals surface area contributed by atoms with Crippen LogP contribution in [0.4, 0.5) is 19.0 Å². The van der Waals surface area contributed by atoms with Crippen molar-refractivity contribution in [1.82, 2.24) is 30.1 Å². The first-order valence-corrected chi connectivity index (χ1v) is 17.3. The van der Waals surface area contributed by atoms with E-state index in [1.54, 1.807) is 0 Å². The summed E-state index contributed by atoms with van der Waals surface area (Å²) >= 11 is 0. The van der Waals surface area contributed by atoms with E-state index in [0.717, 1.165) is 32.2 Å². The van der Waals surface area contributed by atoms with Gasteiger partial charge in [0.05, 0.1) is 22.9 Å². The van der Waals surface area contributed by atoms with Crippen molar-refractivity contribution < 1.29 is 32.6 Å². The number of phenolic OH excluding ortho intramolecular Hbond substituents is 1. The number of hydrogen-bond acceptors (Lipinski definition) is 9. The Bertz CT molecular complexity index is 2170. The molecule has 0 saturated carbocycles. The summed E-state index contributed by atoms with van der Waals surface area (Å²) < 4.78 is 52.7. The van der Waals surface area contributed by atoms with Crippen LogP contribution in [0.25, 0.3) is 32.9 Å². The Labute approximate surface area is 290 Å².